The van der Waals surface area contributed by atoms with Crippen molar-refractivity contribution in [1.82, 2.24) is 5.32 Å². The molecule has 1 atom stereocenters. The molecule has 0 saturated heterocycles. The Morgan fingerprint density at radius 1 is 1.53 bits per heavy atom. The molecule has 5 heteroatoms. The first-order valence-corrected chi connectivity index (χ1v) is 6.42. The summed E-state index contributed by atoms with van der Waals surface area (Å²) in [7, 11) is 1.65. The molecular weight excluding hydrogens is 238 g/mol. The smallest absolute Gasteiger partial charge is 0.246 e. The second kappa shape index (κ2) is 7.42. The van der Waals surface area contributed by atoms with Gasteiger partial charge in [-0.3, -0.25) is 4.79 Å². The standard InChI is InChI=1S/C12H19NO3S/c1-4-16-8-12(14)13-7-10(15-3)11-6-5-9(2)17-11/h5-6,10H,4,7-8H2,1-3H3,(H,13,14). The Morgan fingerprint density at radius 2 is 2.29 bits per heavy atom. The number of carbonyl (C=O) groups is 1. The summed E-state index contributed by atoms with van der Waals surface area (Å²) in [5.74, 6) is -0.109. The van der Waals surface area contributed by atoms with Gasteiger partial charge in [-0.1, -0.05) is 0 Å². The first-order valence-electron chi connectivity index (χ1n) is 5.61. The fourth-order valence-corrected chi connectivity index (χ4v) is 2.33. The lowest BCUT2D eigenvalue weighted by atomic mass is 10.3. The van der Waals surface area contributed by atoms with Crippen molar-refractivity contribution >= 4 is 17.2 Å². The van der Waals surface area contributed by atoms with E-state index in [4.69, 9.17) is 9.47 Å². The molecular formula is C12H19NO3S. The minimum absolute atomic E-state index is 0.0840. The zero-order valence-electron chi connectivity index (χ0n) is 10.5. The van der Waals surface area contributed by atoms with Crippen molar-refractivity contribution in [3.05, 3.63) is 21.9 Å². The fourth-order valence-electron chi connectivity index (χ4n) is 1.38. The van der Waals surface area contributed by atoms with Crippen LogP contribution in [-0.4, -0.2) is 32.8 Å². The Labute approximate surface area is 106 Å². The summed E-state index contributed by atoms with van der Waals surface area (Å²) in [6.07, 6.45) is -0.0840. The predicted molar refractivity (Wildman–Crippen MR) is 68.3 cm³/mol. The Kier molecular flexibility index (Phi) is 6.18. The highest BCUT2D eigenvalue weighted by atomic mass is 32.1. The maximum Gasteiger partial charge on any atom is 0.246 e. The summed E-state index contributed by atoms with van der Waals surface area (Å²) in [4.78, 5) is 13.7. The topological polar surface area (TPSA) is 47.6 Å². The van der Waals surface area contributed by atoms with Gasteiger partial charge in [0.2, 0.25) is 5.91 Å². The minimum atomic E-state index is -0.109. The summed E-state index contributed by atoms with van der Waals surface area (Å²) in [5.41, 5.74) is 0. The van der Waals surface area contributed by atoms with E-state index in [1.807, 2.05) is 19.1 Å². The van der Waals surface area contributed by atoms with Gasteiger partial charge in [0, 0.05) is 30.0 Å². The van der Waals surface area contributed by atoms with Crippen molar-refractivity contribution in [3.63, 3.8) is 0 Å². The first kappa shape index (κ1) is 14.2. The van der Waals surface area contributed by atoms with E-state index in [2.05, 4.69) is 12.2 Å². The van der Waals surface area contributed by atoms with Crippen LogP contribution in [0.2, 0.25) is 0 Å². The molecule has 1 heterocycles. The van der Waals surface area contributed by atoms with E-state index in [0.717, 1.165) is 4.88 Å². The molecule has 0 bridgehead atoms. The lowest BCUT2D eigenvalue weighted by Gasteiger charge is -2.14. The lowest BCUT2D eigenvalue weighted by molar-refractivity contribution is -0.126. The zero-order valence-corrected chi connectivity index (χ0v) is 11.3. The van der Waals surface area contributed by atoms with E-state index < -0.39 is 0 Å². The molecule has 1 rings (SSSR count). The SMILES string of the molecule is CCOCC(=O)NCC(OC)c1ccc(C)s1. The van der Waals surface area contributed by atoms with Gasteiger partial charge in [0.25, 0.3) is 0 Å². The van der Waals surface area contributed by atoms with Crippen LogP contribution >= 0.6 is 11.3 Å². The van der Waals surface area contributed by atoms with Gasteiger partial charge in [-0.05, 0) is 26.0 Å². The van der Waals surface area contributed by atoms with Crippen LogP contribution in [0.4, 0.5) is 0 Å². The van der Waals surface area contributed by atoms with Crippen molar-refractivity contribution in [2.75, 3.05) is 26.9 Å². The van der Waals surface area contributed by atoms with Crippen LogP contribution < -0.4 is 5.32 Å². The maximum atomic E-state index is 11.4. The molecule has 4 nitrogen and oxygen atoms in total. The average Bonchev–Trinajstić information content (AvgIpc) is 2.74. The van der Waals surface area contributed by atoms with E-state index in [1.165, 1.54) is 4.88 Å². The highest BCUT2D eigenvalue weighted by Gasteiger charge is 2.13. The van der Waals surface area contributed by atoms with E-state index in [9.17, 15) is 4.79 Å². The van der Waals surface area contributed by atoms with Crippen molar-refractivity contribution in [2.24, 2.45) is 0 Å². The molecule has 0 aliphatic heterocycles. The van der Waals surface area contributed by atoms with Crippen LogP contribution in [0, 0.1) is 6.92 Å². The van der Waals surface area contributed by atoms with Crippen LogP contribution in [-0.2, 0) is 14.3 Å². The van der Waals surface area contributed by atoms with Crippen LogP contribution in [0.25, 0.3) is 0 Å². The molecule has 1 aromatic rings. The predicted octanol–water partition coefficient (Wildman–Crippen LogP) is 1.90. The molecule has 0 radical (unpaired) electrons. The van der Waals surface area contributed by atoms with Gasteiger partial charge in [-0.15, -0.1) is 11.3 Å². The summed E-state index contributed by atoms with van der Waals surface area (Å²) in [5, 5.41) is 2.79. The van der Waals surface area contributed by atoms with Crippen LogP contribution in [0.3, 0.4) is 0 Å². The molecule has 0 aliphatic rings. The highest BCUT2D eigenvalue weighted by Crippen LogP contribution is 2.24. The van der Waals surface area contributed by atoms with Crippen molar-refractivity contribution in [1.29, 1.82) is 0 Å². The molecule has 0 spiro atoms. The number of hydrogen-bond donors (Lipinski definition) is 1. The summed E-state index contributed by atoms with van der Waals surface area (Å²) in [6, 6.07) is 4.08. The Morgan fingerprint density at radius 3 is 2.82 bits per heavy atom. The number of carbonyl (C=O) groups excluding carboxylic acids is 1. The number of methoxy groups -OCH3 is 1. The normalized spacial score (nSPS) is 12.4. The maximum absolute atomic E-state index is 11.4. The highest BCUT2D eigenvalue weighted by molar-refractivity contribution is 7.12. The third-order valence-electron chi connectivity index (χ3n) is 2.28. The summed E-state index contributed by atoms with van der Waals surface area (Å²) in [6.45, 7) is 5.04. The van der Waals surface area contributed by atoms with Crippen molar-refractivity contribution in [3.8, 4) is 0 Å². The molecule has 96 valence electrons. The molecule has 0 fully saturated rings. The Balaban J connectivity index is 2.40. The third-order valence-corrected chi connectivity index (χ3v) is 3.38. The van der Waals surface area contributed by atoms with Crippen LogP contribution in [0.5, 0.6) is 0 Å². The quantitative estimate of drug-likeness (QED) is 0.811. The number of hydrogen-bond acceptors (Lipinski definition) is 4. The molecule has 0 aliphatic carbocycles. The molecule has 1 N–H and O–H groups in total. The van der Waals surface area contributed by atoms with Gasteiger partial charge in [0.15, 0.2) is 0 Å². The summed E-state index contributed by atoms with van der Waals surface area (Å²) >= 11 is 1.68. The number of ether oxygens (including phenoxy) is 2. The number of aryl methyl sites for hydroxylation is 1. The van der Waals surface area contributed by atoms with Crippen molar-refractivity contribution < 1.29 is 14.3 Å². The van der Waals surface area contributed by atoms with Gasteiger partial charge in [0.1, 0.15) is 12.7 Å². The van der Waals surface area contributed by atoms with E-state index in [0.29, 0.717) is 13.2 Å². The fraction of sp³-hybridized carbons (Fsp3) is 0.583. The average molecular weight is 257 g/mol. The van der Waals surface area contributed by atoms with Crippen LogP contribution in [0.1, 0.15) is 22.8 Å². The second-order valence-electron chi connectivity index (χ2n) is 3.61. The van der Waals surface area contributed by atoms with Gasteiger partial charge >= 0.3 is 0 Å². The van der Waals surface area contributed by atoms with E-state index >= 15 is 0 Å². The molecule has 1 aromatic heterocycles. The molecule has 1 unspecified atom stereocenters. The van der Waals surface area contributed by atoms with Gasteiger partial charge in [-0.2, -0.15) is 0 Å². The number of thiophene rings is 1. The second-order valence-corrected chi connectivity index (χ2v) is 4.93. The Bertz CT molecular complexity index is 351. The Hall–Kier alpha value is -0.910. The lowest BCUT2D eigenvalue weighted by Crippen LogP contribution is -2.31. The molecule has 1 amide bonds. The molecule has 0 saturated carbocycles. The summed E-state index contributed by atoms with van der Waals surface area (Å²) < 4.78 is 10.4. The van der Waals surface area contributed by atoms with E-state index in [-0.39, 0.29) is 18.6 Å². The van der Waals surface area contributed by atoms with Crippen molar-refractivity contribution in [2.45, 2.75) is 20.0 Å². The van der Waals surface area contributed by atoms with Gasteiger partial charge in [0.05, 0.1) is 0 Å². The largest absolute Gasteiger partial charge is 0.374 e. The number of rotatable bonds is 7. The third kappa shape index (κ3) is 4.85. The van der Waals surface area contributed by atoms with E-state index in [1.54, 1.807) is 18.4 Å². The number of nitrogens with one attached hydrogen (secondary N) is 1. The van der Waals surface area contributed by atoms with Gasteiger partial charge < -0.3 is 14.8 Å². The minimum Gasteiger partial charge on any atom is -0.374 e. The monoisotopic (exact) mass is 257 g/mol. The van der Waals surface area contributed by atoms with Crippen LogP contribution in [0.15, 0.2) is 12.1 Å². The zero-order chi connectivity index (χ0) is 12.7. The molecule has 17 heavy (non-hydrogen) atoms. The first-order chi connectivity index (χ1) is 8.17. The van der Waals surface area contributed by atoms with Gasteiger partial charge in [-0.25, -0.2) is 0 Å². The molecule has 0 aromatic carbocycles. The number of amides is 1.